The lowest BCUT2D eigenvalue weighted by Crippen LogP contribution is -2.26. The first-order valence-electron chi connectivity index (χ1n) is 9.99. The summed E-state index contributed by atoms with van der Waals surface area (Å²) in [5.74, 6) is 0.845. The van der Waals surface area contributed by atoms with E-state index in [4.69, 9.17) is 4.74 Å². The van der Waals surface area contributed by atoms with Gasteiger partial charge in [-0.25, -0.2) is 4.98 Å². The number of fused-ring (bicyclic) bond motifs is 1. The lowest BCUT2D eigenvalue weighted by molar-refractivity contribution is -0.121. The second-order valence-electron chi connectivity index (χ2n) is 7.27. The average Bonchev–Trinajstić information content (AvgIpc) is 2.71. The highest BCUT2D eigenvalue weighted by Crippen LogP contribution is 2.14. The van der Waals surface area contributed by atoms with E-state index in [1.807, 2.05) is 56.3 Å². The second-order valence-corrected chi connectivity index (χ2v) is 7.27. The summed E-state index contributed by atoms with van der Waals surface area (Å²) in [5, 5.41) is 3.54. The Kier molecular flexibility index (Phi) is 7.00. The van der Waals surface area contributed by atoms with Crippen molar-refractivity contribution in [2.45, 2.75) is 45.8 Å². The van der Waals surface area contributed by atoms with Crippen LogP contribution in [0.4, 0.5) is 0 Å². The summed E-state index contributed by atoms with van der Waals surface area (Å²) < 4.78 is 7.19. The van der Waals surface area contributed by atoms with Crippen LogP contribution >= 0.6 is 0 Å². The van der Waals surface area contributed by atoms with Gasteiger partial charge in [0.25, 0.3) is 5.56 Å². The molecule has 0 spiro atoms. The minimum atomic E-state index is -0.0686. The lowest BCUT2D eigenvalue weighted by atomic mass is 10.1. The average molecular weight is 393 g/mol. The van der Waals surface area contributed by atoms with Gasteiger partial charge in [-0.3, -0.25) is 14.2 Å². The van der Waals surface area contributed by atoms with Crippen molar-refractivity contribution in [3.63, 3.8) is 0 Å². The van der Waals surface area contributed by atoms with Crippen molar-refractivity contribution in [2.75, 3.05) is 6.54 Å². The largest absolute Gasteiger partial charge is 0.491 e. The molecule has 1 aromatic heterocycles. The zero-order chi connectivity index (χ0) is 20.6. The Hall–Kier alpha value is -3.15. The lowest BCUT2D eigenvalue weighted by Gasteiger charge is -2.10. The fourth-order valence-electron chi connectivity index (χ4n) is 3.12. The van der Waals surface area contributed by atoms with Gasteiger partial charge >= 0.3 is 0 Å². The summed E-state index contributed by atoms with van der Waals surface area (Å²) in [4.78, 5) is 28.8. The molecule has 6 nitrogen and oxygen atoms in total. The van der Waals surface area contributed by atoms with Crippen LogP contribution in [0, 0.1) is 0 Å². The minimum Gasteiger partial charge on any atom is -0.491 e. The molecule has 2 aromatic carbocycles. The van der Waals surface area contributed by atoms with Gasteiger partial charge in [0, 0.05) is 19.5 Å². The molecule has 3 aromatic rings. The van der Waals surface area contributed by atoms with Crippen molar-refractivity contribution in [1.82, 2.24) is 14.9 Å². The van der Waals surface area contributed by atoms with Gasteiger partial charge in [0.1, 0.15) is 5.75 Å². The molecule has 0 aliphatic carbocycles. The number of para-hydroxylation sites is 1. The van der Waals surface area contributed by atoms with Gasteiger partial charge in [-0.1, -0.05) is 24.3 Å². The topological polar surface area (TPSA) is 73.2 Å². The van der Waals surface area contributed by atoms with E-state index in [-0.39, 0.29) is 17.6 Å². The SMILES string of the molecule is CC(C)Oc1ccc(CCNC(=O)CCCn2cnc3ccccc3c2=O)cc1. The number of aryl methyl sites for hydroxylation is 1. The van der Waals surface area contributed by atoms with E-state index in [1.54, 1.807) is 17.0 Å². The summed E-state index contributed by atoms with van der Waals surface area (Å²) in [6, 6.07) is 15.2. The maximum atomic E-state index is 12.4. The number of carbonyl (C=O) groups is 1. The molecule has 3 rings (SSSR count). The smallest absolute Gasteiger partial charge is 0.261 e. The Bertz CT molecular complexity index is 1010. The molecule has 0 saturated heterocycles. The van der Waals surface area contributed by atoms with Crippen molar-refractivity contribution in [1.29, 1.82) is 0 Å². The molecule has 0 bridgehead atoms. The number of rotatable bonds is 9. The van der Waals surface area contributed by atoms with Crippen LogP contribution in [0.25, 0.3) is 10.9 Å². The third-order valence-electron chi connectivity index (χ3n) is 4.57. The normalized spacial score (nSPS) is 11.0. The molecule has 0 aliphatic rings. The summed E-state index contributed by atoms with van der Waals surface area (Å²) in [6.45, 7) is 5.05. The number of ether oxygens (including phenoxy) is 1. The Balaban J connectivity index is 1.40. The Morgan fingerprint density at radius 1 is 1.14 bits per heavy atom. The van der Waals surface area contributed by atoms with Gasteiger partial charge in [-0.15, -0.1) is 0 Å². The fourth-order valence-corrected chi connectivity index (χ4v) is 3.12. The zero-order valence-corrected chi connectivity index (χ0v) is 16.9. The van der Waals surface area contributed by atoms with Crippen molar-refractivity contribution in [3.8, 4) is 5.75 Å². The van der Waals surface area contributed by atoms with Crippen molar-refractivity contribution < 1.29 is 9.53 Å². The van der Waals surface area contributed by atoms with E-state index < -0.39 is 0 Å². The third kappa shape index (κ3) is 5.91. The van der Waals surface area contributed by atoms with Gasteiger partial charge in [-0.2, -0.15) is 0 Å². The number of carbonyl (C=O) groups excluding carboxylic acids is 1. The number of hydrogen-bond acceptors (Lipinski definition) is 4. The second kappa shape index (κ2) is 9.87. The van der Waals surface area contributed by atoms with E-state index >= 15 is 0 Å². The number of nitrogens with zero attached hydrogens (tertiary/aromatic N) is 2. The molecular formula is C23H27N3O3. The van der Waals surface area contributed by atoms with E-state index in [0.29, 0.717) is 36.8 Å². The van der Waals surface area contributed by atoms with Crippen LogP contribution in [-0.2, 0) is 17.8 Å². The number of benzene rings is 2. The van der Waals surface area contributed by atoms with Crippen LogP contribution in [0.2, 0.25) is 0 Å². The van der Waals surface area contributed by atoms with Crippen LogP contribution in [0.15, 0.2) is 59.7 Å². The van der Waals surface area contributed by atoms with Crippen molar-refractivity contribution >= 4 is 16.8 Å². The Morgan fingerprint density at radius 2 is 1.90 bits per heavy atom. The molecule has 6 heteroatoms. The number of amides is 1. The van der Waals surface area contributed by atoms with Gasteiger partial charge < -0.3 is 10.1 Å². The first-order chi connectivity index (χ1) is 14.0. The maximum Gasteiger partial charge on any atom is 0.261 e. The Morgan fingerprint density at radius 3 is 2.66 bits per heavy atom. The molecule has 0 fully saturated rings. The van der Waals surface area contributed by atoms with Crippen LogP contribution in [0.1, 0.15) is 32.3 Å². The molecular weight excluding hydrogens is 366 g/mol. The third-order valence-corrected chi connectivity index (χ3v) is 4.57. The molecule has 152 valence electrons. The minimum absolute atomic E-state index is 0.00782. The zero-order valence-electron chi connectivity index (χ0n) is 16.9. The van der Waals surface area contributed by atoms with E-state index in [0.717, 1.165) is 17.7 Å². The highest BCUT2D eigenvalue weighted by atomic mass is 16.5. The van der Waals surface area contributed by atoms with E-state index in [9.17, 15) is 9.59 Å². The molecule has 1 heterocycles. The molecule has 0 aliphatic heterocycles. The number of aromatic nitrogens is 2. The summed E-state index contributed by atoms with van der Waals surface area (Å²) in [5.41, 5.74) is 1.77. The Labute approximate surface area is 170 Å². The molecule has 29 heavy (non-hydrogen) atoms. The van der Waals surface area contributed by atoms with Crippen molar-refractivity contribution in [2.24, 2.45) is 0 Å². The predicted molar refractivity (Wildman–Crippen MR) is 114 cm³/mol. The van der Waals surface area contributed by atoms with Crippen LogP contribution in [-0.4, -0.2) is 28.1 Å². The molecule has 1 N–H and O–H groups in total. The molecule has 0 saturated carbocycles. The van der Waals surface area contributed by atoms with Gasteiger partial charge in [0.15, 0.2) is 0 Å². The number of hydrogen-bond donors (Lipinski definition) is 1. The predicted octanol–water partition coefficient (Wildman–Crippen LogP) is 3.32. The van der Waals surface area contributed by atoms with Gasteiger partial charge in [0.2, 0.25) is 5.91 Å². The molecule has 0 radical (unpaired) electrons. The molecule has 1 amide bonds. The monoisotopic (exact) mass is 393 g/mol. The molecule has 0 atom stereocenters. The highest BCUT2D eigenvalue weighted by molar-refractivity contribution is 5.77. The standard InChI is InChI=1S/C23H27N3O3/c1-17(2)29-19-11-9-18(10-12-19)13-14-24-22(27)8-5-15-26-16-25-21-7-4-3-6-20(21)23(26)28/h3-4,6-7,9-12,16-17H,5,8,13-15H2,1-2H3,(H,24,27). The van der Waals surface area contributed by atoms with Crippen LogP contribution in [0.3, 0.4) is 0 Å². The van der Waals surface area contributed by atoms with Gasteiger partial charge in [0.05, 0.1) is 23.3 Å². The summed E-state index contributed by atoms with van der Waals surface area (Å²) >= 11 is 0. The fraction of sp³-hybridized carbons (Fsp3) is 0.348. The van der Waals surface area contributed by atoms with E-state index in [1.165, 1.54) is 0 Å². The molecule has 0 unspecified atom stereocenters. The van der Waals surface area contributed by atoms with Crippen LogP contribution in [0.5, 0.6) is 5.75 Å². The van der Waals surface area contributed by atoms with Crippen molar-refractivity contribution in [3.05, 3.63) is 70.8 Å². The summed E-state index contributed by atoms with van der Waals surface area (Å²) in [6.07, 6.45) is 3.44. The maximum absolute atomic E-state index is 12.4. The van der Waals surface area contributed by atoms with Gasteiger partial charge in [-0.05, 0) is 56.5 Å². The number of nitrogens with one attached hydrogen (secondary N) is 1. The quantitative estimate of drug-likeness (QED) is 0.605. The summed E-state index contributed by atoms with van der Waals surface area (Å²) in [7, 11) is 0. The van der Waals surface area contributed by atoms with E-state index in [2.05, 4.69) is 10.3 Å². The first-order valence-corrected chi connectivity index (χ1v) is 9.99. The highest BCUT2D eigenvalue weighted by Gasteiger charge is 2.06. The first kappa shape index (κ1) is 20.6. The van der Waals surface area contributed by atoms with Crippen LogP contribution < -0.4 is 15.6 Å².